The number of alkyl carbamates (subject to hydrolysis) is 1. The topological polar surface area (TPSA) is 808 Å². The monoisotopic (exact) mass is 1690 g/mol. The van der Waals surface area contributed by atoms with Gasteiger partial charge in [0.15, 0.2) is 0 Å². The second-order valence-corrected chi connectivity index (χ2v) is 26.6. The summed E-state index contributed by atoms with van der Waals surface area (Å²) in [4.78, 5) is 178. The van der Waals surface area contributed by atoms with Crippen LogP contribution in [0.25, 0.3) is 0 Å². The first-order valence-corrected chi connectivity index (χ1v) is 37.1. The van der Waals surface area contributed by atoms with Crippen LogP contribution in [0, 0.1) is 26.7 Å². The van der Waals surface area contributed by atoms with Crippen LogP contribution in [-0.4, -0.2) is 181 Å². The van der Waals surface area contributed by atoms with Crippen molar-refractivity contribution in [2.45, 2.75) is 142 Å². The Hall–Kier alpha value is -13.8. The molecule has 16 amide bonds. The number of aryl methyl sites for hydroxylation is 3. The molecule has 0 saturated carbocycles. The molecule has 0 bridgehead atoms. The number of pyridine rings is 1. The number of aromatic nitrogens is 1. The van der Waals surface area contributed by atoms with Crippen LogP contribution in [-0.2, 0) is 93.3 Å². The first-order valence-electron chi connectivity index (χ1n) is 37.1. The van der Waals surface area contributed by atoms with Gasteiger partial charge < -0.3 is 139 Å². The number of benzene rings is 5. The van der Waals surface area contributed by atoms with Gasteiger partial charge in [0.1, 0.15) is 30.8 Å². The standard InChI is InChI=1S/C12H17N3O2.C11H15N3O3.3C11H15N3O2.C10H14N4O2.C8H17N3O2.C5H11N3O2/c1-8-4-2-3-5-9(8)7-15-11(16)6-10(13)12(14)17;12-9(10(13)15)6-14-11(16)17-7-8-4-2-1-3-5-8;1-7-3-2-4-8(5-7)11(16)14-6-9(12)10(13)15;1-7-4-2-3-5-8(7)11(16)14-6-9(12)10(13)15;12-9(11(13)16)6-10(15)14-7-8-4-2-1-3-5-8;11-8(10(12)16)5-9(15)14-6-7-3-1-2-4-13-7;1-5(2)4-11-7(12)3-6(9)8(10)13;1-3(9)8-2-4(6)5(7)10/h2-5,10H,6-7,13H2,1H3,(H2,14,17)(H,15,16);1-5,9H,6-7,12H2,(H2,13,15)(H,14,16);2*2-5,9H,6,12H2,1H3,(H2,13,15)(H,14,16);1-5,9H,6-7,12H2,(H2,13,16)(H,14,15);1-4,8H,5-6,11H2,(H2,12,16)(H,14,15);5-6H,3-4,9H2,1-2H3,(H2,10,13)(H,11,12);4H,2,6H2,1H3,(H2,7,10)(H,8,9)/t10-;4*9-;8-;6-;4-/m00000000/s1. The Morgan fingerprint density at radius 2 is 0.719 bits per heavy atom. The summed E-state index contributed by atoms with van der Waals surface area (Å²) in [6.45, 7) is 13.1. The zero-order chi connectivity index (χ0) is 92.3. The fourth-order valence-electron chi connectivity index (χ4n) is 8.14. The average Bonchev–Trinajstić information content (AvgIpc) is 0.884. The molecule has 0 aliphatic carbocycles. The smallest absolute Gasteiger partial charge is 0.407 e. The molecule has 0 radical (unpaired) electrons. The highest BCUT2D eigenvalue weighted by Crippen LogP contribution is 2.09. The van der Waals surface area contributed by atoms with E-state index in [0.717, 1.165) is 39.1 Å². The molecule has 5 aromatic carbocycles. The van der Waals surface area contributed by atoms with Crippen molar-refractivity contribution in [1.29, 1.82) is 0 Å². The lowest BCUT2D eigenvalue weighted by Gasteiger charge is -2.10. The summed E-state index contributed by atoms with van der Waals surface area (Å²) in [5, 5.41) is 20.4. The lowest BCUT2D eigenvalue weighted by molar-refractivity contribution is -0.126. The molecular weight excluding hydrogens is 1570 g/mol. The molecular formula is C79H119N25O17. The van der Waals surface area contributed by atoms with Crippen LogP contribution in [0.1, 0.15) is 106 Å². The highest BCUT2D eigenvalue weighted by atomic mass is 16.5. The van der Waals surface area contributed by atoms with Crippen molar-refractivity contribution in [1.82, 2.24) is 47.5 Å². The zero-order valence-corrected chi connectivity index (χ0v) is 68.5. The molecule has 0 aliphatic heterocycles. The minimum absolute atomic E-state index is 0.0387. The first-order chi connectivity index (χ1) is 56.8. The summed E-state index contributed by atoms with van der Waals surface area (Å²) in [5.41, 5.74) is 89.8. The second kappa shape index (κ2) is 62.5. The number of primary amides is 8. The molecule has 1 heterocycles. The summed E-state index contributed by atoms with van der Waals surface area (Å²) in [6.07, 6.45) is 0.690. The van der Waals surface area contributed by atoms with Crippen LogP contribution in [0.3, 0.4) is 0 Å². The van der Waals surface area contributed by atoms with Gasteiger partial charge in [-0.25, -0.2) is 4.79 Å². The second-order valence-electron chi connectivity index (χ2n) is 26.6. The predicted octanol–water partition coefficient (Wildman–Crippen LogP) is -6.08. The number of amides is 16. The van der Waals surface area contributed by atoms with Crippen molar-refractivity contribution < 1.29 is 81.4 Å². The lowest BCUT2D eigenvalue weighted by Crippen LogP contribution is -2.45. The number of rotatable bonds is 36. The SMILES string of the molecule is CC(=O)NC[C@H](N)C(N)=O.CC(C)CNC(=O)C[C@H](N)C(N)=O.Cc1cccc(C(=O)NC[C@H](N)C(N)=O)c1.Cc1ccccc1C(=O)NC[C@H](N)C(N)=O.Cc1ccccc1CNC(=O)C[C@H](N)C(N)=O.NC(=O)[C@@H](N)CC(=O)NCc1ccccc1.NC(=O)[C@@H](N)CC(=O)NCc1ccccn1.NC(=O)[C@@H](N)CNC(=O)OCc1ccccc1. The average molecular weight is 1690 g/mol. The molecule has 0 spiro atoms. The summed E-state index contributed by atoms with van der Waals surface area (Å²) >= 11 is 0. The van der Waals surface area contributed by atoms with E-state index in [1.165, 1.54) is 6.92 Å². The highest BCUT2D eigenvalue weighted by Gasteiger charge is 2.20. The summed E-state index contributed by atoms with van der Waals surface area (Å²) in [7, 11) is 0. The molecule has 6 aromatic rings. The van der Waals surface area contributed by atoms with Crippen molar-refractivity contribution in [2.24, 2.45) is 97.7 Å². The van der Waals surface area contributed by atoms with E-state index in [1.807, 2.05) is 144 Å². The third-order valence-electron chi connectivity index (χ3n) is 15.4. The van der Waals surface area contributed by atoms with Crippen LogP contribution < -0.4 is 134 Å². The van der Waals surface area contributed by atoms with Gasteiger partial charge in [0.2, 0.25) is 76.8 Å². The Balaban J connectivity index is 0. The Morgan fingerprint density at radius 3 is 1.12 bits per heavy atom. The maximum Gasteiger partial charge on any atom is 0.407 e. The third kappa shape index (κ3) is 56.3. The van der Waals surface area contributed by atoms with Gasteiger partial charge in [0.25, 0.3) is 11.8 Å². The number of hydrogen-bond acceptors (Lipinski definition) is 26. The van der Waals surface area contributed by atoms with Gasteiger partial charge in [0, 0.05) is 70.1 Å². The Labute approximate surface area is 701 Å². The normalized spacial score (nSPS) is 11.9. The van der Waals surface area contributed by atoms with Gasteiger partial charge in [-0.2, -0.15) is 0 Å². The quantitative estimate of drug-likeness (QED) is 0.0174. The van der Waals surface area contributed by atoms with Crippen LogP contribution in [0.5, 0.6) is 0 Å². The maximum absolute atomic E-state index is 11.7. The van der Waals surface area contributed by atoms with Crippen molar-refractivity contribution in [3.05, 3.63) is 208 Å². The molecule has 0 fully saturated rings. The Morgan fingerprint density at radius 1 is 0.347 bits per heavy atom. The van der Waals surface area contributed by atoms with E-state index in [2.05, 4.69) is 47.5 Å². The fraction of sp³-hybridized carbons (Fsp3) is 0.354. The van der Waals surface area contributed by atoms with Gasteiger partial charge >= 0.3 is 6.09 Å². The highest BCUT2D eigenvalue weighted by molar-refractivity contribution is 5.96. The molecule has 8 atom stereocenters. The van der Waals surface area contributed by atoms with Crippen molar-refractivity contribution in [2.75, 3.05) is 32.7 Å². The molecule has 0 aliphatic rings. The van der Waals surface area contributed by atoms with Gasteiger partial charge in [-0.1, -0.05) is 141 Å². The van der Waals surface area contributed by atoms with Crippen LogP contribution in [0.4, 0.5) is 4.79 Å². The zero-order valence-electron chi connectivity index (χ0n) is 68.5. The van der Waals surface area contributed by atoms with Crippen LogP contribution >= 0.6 is 0 Å². The largest absolute Gasteiger partial charge is 0.445 e. The molecule has 6 rings (SSSR count). The van der Waals surface area contributed by atoms with Crippen LogP contribution in [0.2, 0.25) is 0 Å². The lowest BCUT2D eigenvalue weighted by atomic mass is 10.1. The number of hydrogen-bond donors (Lipinski definition) is 24. The maximum atomic E-state index is 11.7. The van der Waals surface area contributed by atoms with Gasteiger partial charge in [-0.3, -0.25) is 76.9 Å². The van der Waals surface area contributed by atoms with Gasteiger partial charge in [-0.05, 0) is 84.8 Å². The molecule has 0 unspecified atom stereocenters. The third-order valence-corrected chi connectivity index (χ3v) is 15.4. The number of carbonyl (C=O) groups is 16. The number of carbonyl (C=O) groups excluding carboxylic acids is 16. The summed E-state index contributed by atoms with van der Waals surface area (Å²) in [5.74, 6) is -6.72. The van der Waals surface area contributed by atoms with Crippen LogP contribution in [0.15, 0.2) is 158 Å². The molecule has 42 nitrogen and oxygen atoms in total. The van der Waals surface area contributed by atoms with E-state index >= 15 is 0 Å². The summed E-state index contributed by atoms with van der Waals surface area (Å²) < 4.78 is 4.90. The van der Waals surface area contributed by atoms with Crippen molar-refractivity contribution >= 4 is 94.7 Å². The van der Waals surface area contributed by atoms with Crippen molar-refractivity contribution in [3.8, 4) is 0 Å². The number of nitrogens with zero attached hydrogens (tertiary/aromatic N) is 1. The minimum atomic E-state index is -0.941. The minimum Gasteiger partial charge on any atom is -0.445 e. The molecule has 42 heteroatoms. The molecule has 121 heavy (non-hydrogen) atoms. The van der Waals surface area contributed by atoms with Crippen molar-refractivity contribution in [3.63, 3.8) is 0 Å². The Kier molecular flexibility index (Phi) is 56.4. The first kappa shape index (κ1) is 109. The van der Waals surface area contributed by atoms with E-state index < -0.39 is 102 Å². The van der Waals surface area contributed by atoms with E-state index in [-0.39, 0.29) is 99.8 Å². The predicted molar refractivity (Wildman–Crippen MR) is 451 cm³/mol. The molecule has 0 saturated heterocycles. The van der Waals surface area contributed by atoms with E-state index in [0.29, 0.717) is 43.2 Å². The molecule has 1 aromatic heterocycles. The van der Waals surface area contributed by atoms with Gasteiger partial charge in [-0.15, -0.1) is 0 Å². The molecule has 662 valence electrons. The number of nitrogens with one attached hydrogen (secondary N) is 8. The Bertz CT molecular complexity index is 4170. The number of ether oxygens (including phenoxy) is 1. The van der Waals surface area contributed by atoms with E-state index in [4.69, 9.17) is 96.5 Å². The van der Waals surface area contributed by atoms with E-state index in [1.54, 1.807) is 48.7 Å². The molecule has 40 N–H and O–H groups in total. The van der Waals surface area contributed by atoms with E-state index in [9.17, 15) is 76.7 Å². The van der Waals surface area contributed by atoms with Gasteiger partial charge in [0.05, 0.1) is 62.1 Å². The number of nitrogens with two attached hydrogens (primary N) is 16. The fourth-order valence-corrected chi connectivity index (χ4v) is 8.14. The summed E-state index contributed by atoms with van der Waals surface area (Å²) in [6, 6.07) is 39.1.